The average molecular weight is 471 g/mol. The van der Waals surface area contributed by atoms with Crippen LogP contribution in [-0.2, 0) is 15.1 Å². The number of nitrogens with one attached hydrogen (secondary N) is 1. The lowest BCUT2D eigenvalue weighted by molar-refractivity contribution is -0.00758. The van der Waals surface area contributed by atoms with Gasteiger partial charge in [0.1, 0.15) is 11.4 Å². The van der Waals surface area contributed by atoms with E-state index in [0.717, 1.165) is 0 Å². The number of hydrogen-bond donors (Lipinski definition) is 1. The molecule has 34 heavy (non-hydrogen) atoms. The van der Waals surface area contributed by atoms with E-state index >= 15 is 8.78 Å². The maximum Gasteiger partial charge on any atom is 0.410 e. The van der Waals surface area contributed by atoms with E-state index in [2.05, 4.69) is 4.98 Å². The molecule has 1 amide bonds. The van der Waals surface area contributed by atoms with Crippen LogP contribution < -0.4 is 0 Å². The Kier molecular flexibility index (Phi) is 6.10. The maximum absolute atomic E-state index is 15.9. The minimum atomic E-state index is -2.02. The first-order valence-corrected chi connectivity index (χ1v) is 11.2. The molecule has 0 spiro atoms. The summed E-state index contributed by atoms with van der Waals surface area (Å²) in [4.78, 5) is 29.0. The van der Waals surface area contributed by atoms with Crippen molar-refractivity contribution in [1.29, 1.82) is 0 Å². The van der Waals surface area contributed by atoms with Crippen molar-refractivity contribution in [3.63, 3.8) is 0 Å². The summed E-state index contributed by atoms with van der Waals surface area (Å²) in [5.74, 6) is -1.17. The zero-order chi connectivity index (χ0) is 24.7. The Hall–Kier alpha value is -3.42. The number of carbonyl (C=O) groups excluding carboxylic acids is 2. The molecule has 1 N–H and O–H groups in total. The molecule has 3 aromatic rings. The molecule has 1 unspecified atom stereocenters. The van der Waals surface area contributed by atoms with Crippen LogP contribution in [0.1, 0.15) is 49.5 Å². The number of likely N-dealkylation sites (tertiary alicyclic amines) is 1. The molecule has 180 valence electrons. The topological polar surface area (TPSA) is 71.6 Å². The summed E-state index contributed by atoms with van der Waals surface area (Å²) >= 11 is 0. The molecule has 1 fully saturated rings. The Balaban J connectivity index is 1.62. The number of carbonyl (C=O) groups is 2. The van der Waals surface area contributed by atoms with E-state index in [9.17, 15) is 9.59 Å². The molecule has 1 aliphatic rings. The highest BCUT2D eigenvalue weighted by Gasteiger charge is 2.41. The predicted molar refractivity (Wildman–Crippen MR) is 125 cm³/mol. The Bertz CT molecular complexity index is 1250. The number of ether oxygens (including phenoxy) is 2. The van der Waals surface area contributed by atoms with Crippen LogP contribution in [-0.4, -0.2) is 47.7 Å². The normalized spacial score (nSPS) is 18.7. The Morgan fingerprint density at radius 1 is 1.15 bits per heavy atom. The van der Waals surface area contributed by atoms with Crippen LogP contribution in [0.2, 0.25) is 0 Å². The number of amides is 1. The molecule has 8 heteroatoms. The Morgan fingerprint density at radius 3 is 2.59 bits per heavy atom. The number of halogens is 2. The van der Waals surface area contributed by atoms with Gasteiger partial charge in [-0.05, 0) is 57.9 Å². The number of nitrogens with zero attached hydrogens (tertiary/aromatic N) is 1. The molecular formula is C26H28F2N2O4. The summed E-state index contributed by atoms with van der Waals surface area (Å²) < 4.78 is 41.4. The van der Waals surface area contributed by atoms with E-state index < -0.39 is 29.1 Å². The maximum atomic E-state index is 15.9. The zero-order valence-electron chi connectivity index (χ0n) is 19.7. The van der Waals surface area contributed by atoms with Gasteiger partial charge in [0.05, 0.1) is 19.2 Å². The fourth-order valence-corrected chi connectivity index (χ4v) is 4.36. The standard InChI is InChI=1S/C26H28F2N2O4/c1-25(2,3)34-24(32)30-12-6-11-26(28,15-30)19-10-9-16(13-20(19)27)22-14-18-17(23(31)33-4)7-5-8-21(18)29-22/h5,7-10,13-14,29H,6,11-12,15H2,1-4H3. The third-order valence-electron chi connectivity index (χ3n) is 5.93. The monoisotopic (exact) mass is 470 g/mol. The Labute approximate surface area is 196 Å². The van der Waals surface area contributed by atoms with Crippen molar-refractivity contribution >= 4 is 23.0 Å². The van der Waals surface area contributed by atoms with E-state index in [4.69, 9.17) is 9.47 Å². The molecule has 1 saturated heterocycles. The average Bonchev–Trinajstić information content (AvgIpc) is 3.21. The number of esters is 1. The minimum absolute atomic E-state index is 0.0872. The number of aromatic amines is 1. The van der Waals surface area contributed by atoms with Crippen LogP contribution in [0.5, 0.6) is 0 Å². The number of benzene rings is 2. The first kappa shape index (κ1) is 23.7. The molecule has 1 aromatic heterocycles. The highest BCUT2D eigenvalue weighted by Crippen LogP contribution is 2.39. The summed E-state index contributed by atoms with van der Waals surface area (Å²) in [6, 6.07) is 11.3. The smallest absolute Gasteiger partial charge is 0.410 e. The minimum Gasteiger partial charge on any atom is -0.465 e. The molecule has 0 radical (unpaired) electrons. The molecule has 0 saturated carbocycles. The van der Waals surface area contributed by atoms with E-state index in [-0.39, 0.29) is 18.5 Å². The van der Waals surface area contributed by atoms with Gasteiger partial charge in [-0.25, -0.2) is 18.4 Å². The Morgan fingerprint density at radius 2 is 1.91 bits per heavy atom. The number of fused-ring (bicyclic) bond motifs is 1. The fourth-order valence-electron chi connectivity index (χ4n) is 4.36. The lowest BCUT2D eigenvalue weighted by Crippen LogP contribution is -2.48. The molecule has 0 aliphatic carbocycles. The predicted octanol–water partition coefficient (Wildman–Crippen LogP) is 5.96. The molecule has 2 heterocycles. The molecule has 1 aliphatic heterocycles. The van der Waals surface area contributed by atoms with Crippen LogP contribution in [0.25, 0.3) is 22.2 Å². The van der Waals surface area contributed by atoms with Gasteiger partial charge in [0.15, 0.2) is 5.67 Å². The van der Waals surface area contributed by atoms with Gasteiger partial charge in [0.25, 0.3) is 0 Å². The number of rotatable bonds is 3. The van der Waals surface area contributed by atoms with Gasteiger partial charge < -0.3 is 19.4 Å². The molecular weight excluding hydrogens is 442 g/mol. The number of piperidine rings is 1. The first-order valence-electron chi connectivity index (χ1n) is 11.2. The second-order valence-corrected chi connectivity index (χ2v) is 9.61. The van der Waals surface area contributed by atoms with Gasteiger partial charge in [0, 0.05) is 34.3 Å². The van der Waals surface area contributed by atoms with Crippen LogP contribution in [0.15, 0.2) is 42.5 Å². The second kappa shape index (κ2) is 8.74. The fraction of sp³-hybridized carbons (Fsp3) is 0.385. The third kappa shape index (κ3) is 4.62. The van der Waals surface area contributed by atoms with Gasteiger partial charge in [-0.2, -0.15) is 0 Å². The van der Waals surface area contributed by atoms with Gasteiger partial charge in [-0.3, -0.25) is 0 Å². The molecule has 1 atom stereocenters. The van der Waals surface area contributed by atoms with Crippen LogP contribution in [0, 0.1) is 5.82 Å². The summed E-state index contributed by atoms with van der Waals surface area (Å²) in [6.07, 6.45) is -0.0992. The van der Waals surface area contributed by atoms with Crippen molar-refractivity contribution in [2.75, 3.05) is 20.2 Å². The SMILES string of the molecule is COC(=O)c1cccc2[nH]c(-c3ccc(C4(F)CCCN(C(=O)OC(C)(C)C)C4)c(F)c3)cc12. The lowest BCUT2D eigenvalue weighted by Gasteiger charge is -2.38. The lowest BCUT2D eigenvalue weighted by atomic mass is 9.86. The summed E-state index contributed by atoms with van der Waals surface area (Å²) in [7, 11) is 1.31. The van der Waals surface area contributed by atoms with Crippen molar-refractivity contribution in [3.05, 3.63) is 59.4 Å². The van der Waals surface area contributed by atoms with Crippen LogP contribution in [0.4, 0.5) is 13.6 Å². The summed E-state index contributed by atoms with van der Waals surface area (Å²) in [5, 5.41) is 0.649. The largest absolute Gasteiger partial charge is 0.465 e. The van der Waals surface area contributed by atoms with Crippen molar-refractivity contribution in [2.24, 2.45) is 0 Å². The molecule has 4 rings (SSSR count). The van der Waals surface area contributed by atoms with Gasteiger partial charge in [0.2, 0.25) is 0 Å². The summed E-state index contributed by atoms with van der Waals surface area (Å²) in [6.45, 7) is 5.32. The van der Waals surface area contributed by atoms with Crippen molar-refractivity contribution < 1.29 is 27.8 Å². The van der Waals surface area contributed by atoms with Gasteiger partial charge in [-0.15, -0.1) is 0 Å². The van der Waals surface area contributed by atoms with E-state index in [0.29, 0.717) is 40.7 Å². The van der Waals surface area contributed by atoms with Crippen molar-refractivity contribution in [1.82, 2.24) is 9.88 Å². The van der Waals surface area contributed by atoms with E-state index in [1.807, 2.05) is 0 Å². The van der Waals surface area contributed by atoms with Crippen LogP contribution in [0.3, 0.4) is 0 Å². The van der Waals surface area contributed by atoms with Gasteiger partial charge in [-0.1, -0.05) is 18.2 Å². The molecule has 6 nitrogen and oxygen atoms in total. The number of methoxy groups -OCH3 is 1. The highest BCUT2D eigenvalue weighted by atomic mass is 19.1. The van der Waals surface area contributed by atoms with Gasteiger partial charge >= 0.3 is 12.1 Å². The van der Waals surface area contributed by atoms with Crippen molar-refractivity contribution in [3.8, 4) is 11.3 Å². The van der Waals surface area contributed by atoms with Crippen LogP contribution >= 0.6 is 0 Å². The number of H-pyrrole nitrogens is 1. The van der Waals surface area contributed by atoms with Crippen molar-refractivity contribution in [2.45, 2.75) is 44.9 Å². The quantitative estimate of drug-likeness (QED) is 0.480. The molecule has 2 aromatic carbocycles. The third-order valence-corrected chi connectivity index (χ3v) is 5.93. The molecule has 0 bridgehead atoms. The summed E-state index contributed by atoms with van der Waals surface area (Å²) in [5.41, 5.74) is -0.614. The zero-order valence-corrected chi connectivity index (χ0v) is 19.7. The van der Waals surface area contributed by atoms with E-state index in [1.165, 1.54) is 24.1 Å². The first-order chi connectivity index (χ1) is 16.0. The number of aromatic nitrogens is 1. The highest BCUT2D eigenvalue weighted by molar-refractivity contribution is 6.05. The number of hydrogen-bond acceptors (Lipinski definition) is 4. The number of alkyl halides is 1. The second-order valence-electron chi connectivity index (χ2n) is 9.61. The van der Waals surface area contributed by atoms with E-state index in [1.54, 1.807) is 51.1 Å².